The Morgan fingerprint density at radius 1 is 1.14 bits per heavy atom. The lowest BCUT2D eigenvalue weighted by Gasteiger charge is -2.32. The Labute approximate surface area is 131 Å². The molecular formula is C17H24N2O3. The van der Waals surface area contributed by atoms with Crippen molar-refractivity contribution in [3.63, 3.8) is 0 Å². The Kier molecular flexibility index (Phi) is 4.95. The van der Waals surface area contributed by atoms with E-state index in [1.54, 1.807) is 9.96 Å². The van der Waals surface area contributed by atoms with Crippen molar-refractivity contribution in [1.29, 1.82) is 0 Å². The molecule has 5 heteroatoms. The number of hydroxylamine groups is 2. The molecule has 2 fully saturated rings. The van der Waals surface area contributed by atoms with Crippen LogP contribution in [-0.4, -0.2) is 53.4 Å². The zero-order chi connectivity index (χ0) is 15.4. The molecule has 1 amide bonds. The molecule has 0 radical (unpaired) electrons. The summed E-state index contributed by atoms with van der Waals surface area (Å²) in [5.74, 6) is 0.549. The van der Waals surface area contributed by atoms with Crippen LogP contribution in [0.2, 0.25) is 0 Å². The molecule has 5 nitrogen and oxygen atoms in total. The largest absolute Gasteiger partial charge is 0.429 e. The average Bonchev–Trinajstić information content (AvgIpc) is 3.05. The zero-order valence-electron chi connectivity index (χ0n) is 12.9. The van der Waals surface area contributed by atoms with Gasteiger partial charge in [-0.3, -0.25) is 0 Å². The molecular weight excluding hydrogens is 280 g/mol. The second kappa shape index (κ2) is 7.11. The van der Waals surface area contributed by atoms with Gasteiger partial charge in [-0.25, -0.2) is 4.79 Å². The van der Waals surface area contributed by atoms with E-state index in [2.05, 4.69) is 24.3 Å². The molecule has 2 aliphatic rings. The van der Waals surface area contributed by atoms with Crippen LogP contribution in [0.25, 0.3) is 0 Å². The fourth-order valence-corrected chi connectivity index (χ4v) is 3.43. The van der Waals surface area contributed by atoms with Crippen LogP contribution >= 0.6 is 0 Å². The van der Waals surface area contributed by atoms with Gasteiger partial charge in [-0.1, -0.05) is 30.3 Å². The van der Waals surface area contributed by atoms with Crippen molar-refractivity contribution in [3.8, 4) is 0 Å². The number of aliphatic hydroxyl groups is 1. The number of likely N-dealkylation sites (tertiary alicyclic amines) is 1. The van der Waals surface area contributed by atoms with Gasteiger partial charge in [0.15, 0.2) is 0 Å². The number of carbonyl (C=O) groups excluding carboxylic acids is 1. The highest BCUT2D eigenvalue weighted by atomic mass is 16.7. The van der Waals surface area contributed by atoms with Crippen molar-refractivity contribution in [1.82, 2.24) is 9.96 Å². The number of carbonyl (C=O) groups is 1. The SMILES string of the molecule is O=C(ON1CCC(c2ccccc2)CC1)N1CCC[C@H]1CO. The molecule has 22 heavy (non-hydrogen) atoms. The van der Waals surface area contributed by atoms with E-state index in [0.29, 0.717) is 12.5 Å². The molecule has 2 saturated heterocycles. The van der Waals surface area contributed by atoms with Gasteiger partial charge in [0.25, 0.3) is 0 Å². The van der Waals surface area contributed by atoms with Crippen molar-refractivity contribution in [3.05, 3.63) is 35.9 Å². The lowest BCUT2D eigenvalue weighted by molar-refractivity contribution is -0.126. The third kappa shape index (κ3) is 3.42. The van der Waals surface area contributed by atoms with Gasteiger partial charge >= 0.3 is 6.09 Å². The molecule has 1 atom stereocenters. The minimum absolute atomic E-state index is 0.0190. The molecule has 0 spiro atoms. The number of hydrogen-bond acceptors (Lipinski definition) is 4. The van der Waals surface area contributed by atoms with Crippen LogP contribution in [0.5, 0.6) is 0 Å². The van der Waals surface area contributed by atoms with Gasteiger partial charge in [-0.05, 0) is 37.2 Å². The summed E-state index contributed by atoms with van der Waals surface area (Å²) in [6.45, 7) is 2.24. The summed E-state index contributed by atoms with van der Waals surface area (Å²) in [6, 6.07) is 10.4. The Morgan fingerprint density at radius 2 is 1.86 bits per heavy atom. The second-order valence-electron chi connectivity index (χ2n) is 6.14. The van der Waals surface area contributed by atoms with E-state index in [4.69, 9.17) is 4.84 Å². The van der Waals surface area contributed by atoms with Gasteiger partial charge in [-0.2, -0.15) is 0 Å². The van der Waals surface area contributed by atoms with E-state index < -0.39 is 0 Å². The number of nitrogens with zero attached hydrogens (tertiary/aromatic N) is 2. The van der Waals surface area contributed by atoms with Crippen molar-refractivity contribution >= 4 is 6.09 Å². The molecule has 3 rings (SSSR count). The first-order valence-corrected chi connectivity index (χ1v) is 8.17. The van der Waals surface area contributed by atoms with Crippen LogP contribution < -0.4 is 0 Å². The van der Waals surface area contributed by atoms with Gasteiger partial charge in [0.05, 0.1) is 12.6 Å². The maximum atomic E-state index is 12.2. The lowest BCUT2D eigenvalue weighted by Crippen LogP contribution is -2.43. The van der Waals surface area contributed by atoms with Crippen LogP contribution in [0.4, 0.5) is 4.79 Å². The highest BCUT2D eigenvalue weighted by Gasteiger charge is 2.31. The number of piperidine rings is 1. The minimum atomic E-state index is -0.310. The topological polar surface area (TPSA) is 53.0 Å². The van der Waals surface area contributed by atoms with E-state index >= 15 is 0 Å². The fraction of sp³-hybridized carbons (Fsp3) is 0.588. The maximum absolute atomic E-state index is 12.2. The van der Waals surface area contributed by atoms with E-state index in [1.807, 2.05) is 6.07 Å². The summed E-state index contributed by atoms with van der Waals surface area (Å²) in [5.41, 5.74) is 1.37. The Balaban J connectivity index is 1.49. The third-order valence-corrected chi connectivity index (χ3v) is 4.75. The van der Waals surface area contributed by atoms with Gasteiger partial charge in [0, 0.05) is 19.6 Å². The molecule has 120 valence electrons. The van der Waals surface area contributed by atoms with E-state index in [-0.39, 0.29) is 18.7 Å². The first-order valence-electron chi connectivity index (χ1n) is 8.17. The standard InChI is InChI=1S/C17H24N2O3/c20-13-16-7-4-10-19(16)17(21)22-18-11-8-15(9-12-18)14-5-2-1-3-6-14/h1-3,5-6,15-16,20H,4,7-13H2/t16-/m0/s1. The normalized spacial score (nSPS) is 23.7. The van der Waals surface area contributed by atoms with Gasteiger partial charge < -0.3 is 14.8 Å². The number of amides is 1. The first kappa shape index (κ1) is 15.3. The quantitative estimate of drug-likeness (QED) is 0.931. The lowest BCUT2D eigenvalue weighted by atomic mass is 9.90. The van der Waals surface area contributed by atoms with Crippen molar-refractivity contribution in [2.24, 2.45) is 0 Å². The van der Waals surface area contributed by atoms with Crippen molar-refractivity contribution < 1.29 is 14.7 Å². The third-order valence-electron chi connectivity index (χ3n) is 4.75. The van der Waals surface area contributed by atoms with Crippen LogP contribution in [0.15, 0.2) is 30.3 Å². The number of benzene rings is 1. The summed E-state index contributed by atoms with van der Waals surface area (Å²) >= 11 is 0. The number of rotatable bonds is 3. The predicted octanol–water partition coefficient (Wildman–Crippen LogP) is 2.37. The van der Waals surface area contributed by atoms with Crippen LogP contribution in [-0.2, 0) is 4.84 Å². The number of aliphatic hydroxyl groups excluding tert-OH is 1. The molecule has 0 bridgehead atoms. The molecule has 1 aromatic carbocycles. The predicted molar refractivity (Wildman–Crippen MR) is 83.3 cm³/mol. The molecule has 0 aromatic heterocycles. The monoisotopic (exact) mass is 304 g/mol. The minimum Gasteiger partial charge on any atom is -0.394 e. The highest BCUT2D eigenvalue weighted by Crippen LogP contribution is 2.28. The van der Waals surface area contributed by atoms with Crippen molar-refractivity contribution in [2.75, 3.05) is 26.2 Å². The number of hydrogen-bond donors (Lipinski definition) is 1. The first-order chi connectivity index (χ1) is 10.8. The van der Waals surface area contributed by atoms with E-state index in [1.165, 1.54) is 5.56 Å². The molecule has 1 N–H and O–H groups in total. The molecule has 2 aliphatic heterocycles. The Bertz CT molecular complexity index is 486. The van der Waals surface area contributed by atoms with Crippen LogP contribution in [0, 0.1) is 0 Å². The smallest absolute Gasteiger partial charge is 0.394 e. The summed E-state index contributed by atoms with van der Waals surface area (Å²) in [7, 11) is 0. The Hall–Kier alpha value is -1.59. The molecule has 0 saturated carbocycles. The van der Waals surface area contributed by atoms with Gasteiger partial charge in [0.1, 0.15) is 0 Å². The van der Waals surface area contributed by atoms with Gasteiger partial charge in [0.2, 0.25) is 0 Å². The van der Waals surface area contributed by atoms with Crippen molar-refractivity contribution in [2.45, 2.75) is 37.6 Å². The summed E-state index contributed by atoms with van der Waals surface area (Å²) in [4.78, 5) is 19.3. The average molecular weight is 304 g/mol. The highest BCUT2D eigenvalue weighted by molar-refractivity contribution is 5.68. The van der Waals surface area contributed by atoms with E-state index in [0.717, 1.165) is 38.8 Å². The summed E-state index contributed by atoms with van der Waals surface area (Å²) < 4.78 is 0. The van der Waals surface area contributed by atoms with Crippen LogP contribution in [0.1, 0.15) is 37.2 Å². The van der Waals surface area contributed by atoms with E-state index in [9.17, 15) is 9.90 Å². The zero-order valence-corrected chi connectivity index (χ0v) is 12.9. The molecule has 1 aromatic rings. The molecule has 0 unspecified atom stereocenters. The van der Waals surface area contributed by atoms with Crippen LogP contribution in [0.3, 0.4) is 0 Å². The Morgan fingerprint density at radius 3 is 2.55 bits per heavy atom. The summed E-state index contributed by atoms with van der Waals surface area (Å²) in [6.07, 6.45) is 3.49. The maximum Gasteiger partial charge on any atom is 0.429 e. The molecule has 2 heterocycles. The van der Waals surface area contributed by atoms with Gasteiger partial charge in [-0.15, -0.1) is 5.06 Å². The molecule has 0 aliphatic carbocycles. The summed E-state index contributed by atoms with van der Waals surface area (Å²) in [5, 5.41) is 11.1. The second-order valence-corrected chi connectivity index (χ2v) is 6.14. The fourth-order valence-electron chi connectivity index (χ4n) is 3.43.